The summed E-state index contributed by atoms with van der Waals surface area (Å²) in [4.78, 5) is 3.84. The third-order valence-corrected chi connectivity index (χ3v) is 1.78. The number of alkyl halides is 2. The molecule has 0 atom stereocenters. The van der Waals surface area contributed by atoms with Gasteiger partial charge in [-0.2, -0.15) is 0 Å². The van der Waals surface area contributed by atoms with Gasteiger partial charge < -0.3 is 10.2 Å². The summed E-state index contributed by atoms with van der Waals surface area (Å²) in [7, 11) is 0. The minimum Gasteiger partial charge on any atom is -0.446 e. The molecule has 3 nitrogen and oxygen atoms in total. The van der Waals surface area contributed by atoms with Gasteiger partial charge in [0.25, 0.3) is 5.92 Å². The predicted molar refractivity (Wildman–Crippen MR) is 43.7 cm³/mol. The monoisotopic (exact) mass is 190 g/mol. The van der Waals surface area contributed by atoms with Crippen molar-refractivity contribution in [3.05, 3.63) is 17.3 Å². The van der Waals surface area contributed by atoms with E-state index in [-0.39, 0.29) is 5.89 Å². The standard InChI is InChI=1S/C8H12F2N2O/c1-5-6(2)13-7(12-5)3-8(9,10)4-11/h3-4,11H2,1-2H3. The zero-order valence-corrected chi connectivity index (χ0v) is 7.60. The number of halogens is 2. The molecule has 0 aliphatic carbocycles. The maximum atomic E-state index is 12.8. The van der Waals surface area contributed by atoms with Gasteiger partial charge in [0, 0.05) is 0 Å². The van der Waals surface area contributed by atoms with Crippen LogP contribution in [0, 0.1) is 13.8 Å². The molecule has 1 aromatic heterocycles. The fraction of sp³-hybridized carbons (Fsp3) is 0.625. The number of hydrogen-bond acceptors (Lipinski definition) is 3. The van der Waals surface area contributed by atoms with Gasteiger partial charge in [-0.15, -0.1) is 0 Å². The Hall–Kier alpha value is -0.970. The van der Waals surface area contributed by atoms with E-state index in [0.29, 0.717) is 11.5 Å². The van der Waals surface area contributed by atoms with Gasteiger partial charge in [-0.1, -0.05) is 0 Å². The van der Waals surface area contributed by atoms with Gasteiger partial charge in [0.1, 0.15) is 5.76 Å². The second-order valence-corrected chi connectivity index (χ2v) is 2.99. The number of aromatic nitrogens is 1. The molecule has 1 aromatic rings. The van der Waals surface area contributed by atoms with E-state index in [2.05, 4.69) is 4.98 Å². The molecular weight excluding hydrogens is 178 g/mol. The van der Waals surface area contributed by atoms with Crippen molar-refractivity contribution in [3.63, 3.8) is 0 Å². The van der Waals surface area contributed by atoms with Crippen LogP contribution in [0.2, 0.25) is 0 Å². The highest BCUT2D eigenvalue weighted by atomic mass is 19.3. The summed E-state index contributed by atoms with van der Waals surface area (Å²) >= 11 is 0. The number of oxazole rings is 1. The predicted octanol–water partition coefficient (Wildman–Crippen LogP) is 1.43. The summed E-state index contributed by atoms with van der Waals surface area (Å²) in [6.07, 6.45) is -0.530. The van der Waals surface area contributed by atoms with E-state index >= 15 is 0 Å². The Balaban J connectivity index is 2.75. The van der Waals surface area contributed by atoms with E-state index in [0.717, 1.165) is 0 Å². The first-order valence-electron chi connectivity index (χ1n) is 3.95. The maximum absolute atomic E-state index is 12.8. The second-order valence-electron chi connectivity index (χ2n) is 2.99. The van der Waals surface area contributed by atoms with Crippen molar-refractivity contribution < 1.29 is 13.2 Å². The van der Waals surface area contributed by atoms with Crippen LogP contribution in [0.4, 0.5) is 8.78 Å². The number of aryl methyl sites for hydroxylation is 2. The van der Waals surface area contributed by atoms with Gasteiger partial charge in [-0.05, 0) is 13.8 Å². The van der Waals surface area contributed by atoms with Crippen LogP contribution in [-0.2, 0) is 6.42 Å². The Morgan fingerprint density at radius 3 is 2.46 bits per heavy atom. The Labute approximate surface area is 74.9 Å². The second kappa shape index (κ2) is 3.41. The van der Waals surface area contributed by atoms with E-state index in [1.54, 1.807) is 13.8 Å². The van der Waals surface area contributed by atoms with Crippen molar-refractivity contribution in [2.24, 2.45) is 5.73 Å². The van der Waals surface area contributed by atoms with Gasteiger partial charge >= 0.3 is 0 Å². The molecular formula is C8H12F2N2O. The molecule has 0 amide bonds. The molecule has 0 saturated carbocycles. The molecule has 0 fully saturated rings. The van der Waals surface area contributed by atoms with E-state index < -0.39 is 18.9 Å². The highest BCUT2D eigenvalue weighted by Crippen LogP contribution is 2.19. The largest absolute Gasteiger partial charge is 0.446 e. The quantitative estimate of drug-likeness (QED) is 0.784. The SMILES string of the molecule is Cc1nc(CC(F)(F)CN)oc1C. The molecule has 13 heavy (non-hydrogen) atoms. The van der Waals surface area contributed by atoms with Gasteiger partial charge in [-0.3, -0.25) is 0 Å². The molecule has 74 valence electrons. The minimum atomic E-state index is -2.93. The lowest BCUT2D eigenvalue weighted by Crippen LogP contribution is -2.30. The lowest BCUT2D eigenvalue weighted by atomic mass is 10.2. The van der Waals surface area contributed by atoms with Crippen LogP contribution in [0.25, 0.3) is 0 Å². The topological polar surface area (TPSA) is 52.0 Å². The summed E-state index contributed by atoms with van der Waals surface area (Å²) in [6, 6.07) is 0. The van der Waals surface area contributed by atoms with Gasteiger partial charge in [-0.25, -0.2) is 13.8 Å². The van der Waals surface area contributed by atoms with E-state index in [4.69, 9.17) is 10.2 Å². The van der Waals surface area contributed by atoms with Crippen molar-refractivity contribution in [2.75, 3.05) is 6.54 Å². The van der Waals surface area contributed by atoms with Crippen LogP contribution in [0.5, 0.6) is 0 Å². The fourth-order valence-corrected chi connectivity index (χ4v) is 0.908. The average Bonchev–Trinajstić information content (AvgIpc) is 2.30. The molecule has 0 aromatic carbocycles. The third kappa shape index (κ3) is 2.48. The van der Waals surface area contributed by atoms with Gasteiger partial charge in [0.2, 0.25) is 5.89 Å². The molecule has 5 heteroatoms. The summed E-state index contributed by atoms with van der Waals surface area (Å²) in [5.41, 5.74) is 5.52. The van der Waals surface area contributed by atoms with Crippen molar-refractivity contribution in [3.8, 4) is 0 Å². The van der Waals surface area contributed by atoms with Crippen LogP contribution >= 0.6 is 0 Å². The van der Waals surface area contributed by atoms with Crippen molar-refractivity contribution >= 4 is 0 Å². The average molecular weight is 190 g/mol. The summed E-state index contributed by atoms with van der Waals surface area (Å²) in [5.74, 6) is -2.31. The first kappa shape index (κ1) is 10.1. The minimum absolute atomic E-state index is 0.0467. The lowest BCUT2D eigenvalue weighted by molar-refractivity contribution is 0.00532. The molecule has 1 heterocycles. The normalized spacial score (nSPS) is 12.1. The number of nitrogens with zero attached hydrogens (tertiary/aromatic N) is 1. The Morgan fingerprint density at radius 2 is 2.08 bits per heavy atom. The van der Waals surface area contributed by atoms with Crippen molar-refractivity contribution in [1.82, 2.24) is 4.98 Å². The van der Waals surface area contributed by atoms with E-state index in [1.165, 1.54) is 0 Å². The first-order chi connectivity index (χ1) is 5.94. The first-order valence-corrected chi connectivity index (χ1v) is 3.95. The number of nitrogens with two attached hydrogens (primary N) is 1. The summed E-state index contributed by atoms with van der Waals surface area (Å²) < 4.78 is 30.5. The number of hydrogen-bond donors (Lipinski definition) is 1. The zero-order chi connectivity index (χ0) is 10.1. The molecule has 0 saturated heterocycles. The van der Waals surface area contributed by atoms with Crippen molar-refractivity contribution in [1.29, 1.82) is 0 Å². The maximum Gasteiger partial charge on any atom is 0.268 e. The molecule has 2 N–H and O–H groups in total. The molecule has 0 radical (unpaired) electrons. The lowest BCUT2D eigenvalue weighted by Gasteiger charge is -2.10. The van der Waals surface area contributed by atoms with Crippen LogP contribution in [-0.4, -0.2) is 17.5 Å². The van der Waals surface area contributed by atoms with Gasteiger partial charge in [0.05, 0.1) is 18.7 Å². The molecule has 0 aliphatic heterocycles. The zero-order valence-electron chi connectivity index (χ0n) is 7.60. The van der Waals surface area contributed by atoms with Crippen molar-refractivity contribution in [2.45, 2.75) is 26.2 Å². The Morgan fingerprint density at radius 1 is 1.46 bits per heavy atom. The number of rotatable bonds is 3. The van der Waals surface area contributed by atoms with Crippen LogP contribution in [0.3, 0.4) is 0 Å². The molecule has 0 unspecified atom stereocenters. The summed E-state index contributed by atoms with van der Waals surface area (Å²) in [6.45, 7) is 2.71. The van der Waals surface area contributed by atoms with E-state index in [1.807, 2.05) is 0 Å². The Bertz CT molecular complexity index is 277. The van der Waals surface area contributed by atoms with Crippen LogP contribution in [0.15, 0.2) is 4.42 Å². The highest BCUT2D eigenvalue weighted by Gasteiger charge is 2.29. The molecule has 0 spiro atoms. The van der Waals surface area contributed by atoms with Crippen LogP contribution in [0.1, 0.15) is 17.3 Å². The smallest absolute Gasteiger partial charge is 0.268 e. The fourth-order valence-electron chi connectivity index (χ4n) is 0.908. The molecule has 0 bridgehead atoms. The van der Waals surface area contributed by atoms with Gasteiger partial charge in [0.15, 0.2) is 0 Å². The molecule has 1 rings (SSSR count). The Kier molecular flexibility index (Phi) is 2.66. The van der Waals surface area contributed by atoms with Crippen LogP contribution < -0.4 is 5.73 Å². The summed E-state index contributed by atoms with van der Waals surface area (Å²) in [5, 5.41) is 0. The third-order valence-electron chi connectivity index (χ3n) is 1.78. The highest BCUT2D eigenvalue weighted by molar-refractivity contribution is 5.06. The van der Waals surface area contributed by atoms with E-state index in [9.17, 15) is 8.78 Å². The molecule has 0 aliphatic rings.